The number of carbonyl (C=O) groups excluding carboxylic acids is 1. The van der Waals surface area contributed by atoms with E-state index >= 15 is 0 Å². The number of nitriles is 1. The van der Waals surface area contributed by atoms with E-state index in [1.807, 2.05) is 0 Å². The molecule has 0 aromatic rings. The fourth-order valence-corrected chi connectivity index (χ4v) is 6.01. The topological polar surface area (TPSA) is 116 Å². The molecule has 1 aliphatic carbocycles. The fraction of sp³-hybridized carbons (Fsp3) is 0.875. The van der Waals surface area contributed by atoms with E-state index < -0.39 is 16.1 Å². The summed E-state index contributed by atoms with van der Waals surface area (Å²) in [6, 6.07) is 1.12. The van der Waals surface area contributed by atoms with Gasteiger partial charge in [0, 0.05) is 12.3 Å². The number of nitrogens with one attached hydrogen (secondary N) is 1. The summed E-state index contributed by atoms with van der Waals surface area (Å²) in [5.41, 5.74) is 5.95. The highest BCUT2D eigenvalue weighted by atomic mass is 35.5. The van der Waals surface area contributed by atoms with Gasteiger partial charge in [-0.25, -0.2) is 13.1 Å². The first-order valence-corrected chi connectivity index (χ1v) is 11.7. The second-order valence-electron chi connectivity index (χ2n) is 6.75. The predicted octanol–water partition coefficient (Wildman–Crippen LogP) is 1.58. The van der Waals surface area contributed by atoms with Crippen molar-refractivity contribution in [3.63, 3.8) is 0 Å². The minimum Gasteiger partial charge on any atom is -0.320 e. The molecule has 2 aliphatic rings. The quantitative estimate of drug-likeness (QED) is 0.571. The largest absolute Gasteiger partial charge is 0.320 e. The molecular weight excluding hydrogens is 396 g/mol. The average molecular weight is 425 g/mol. The van der Waals surface area contributed by atoms with E-state index in [0.717, 1.165) is 32.1 Å². The summed E-state index contributed by atoms with van der Waals surface area (Å²) in [6.07, 6.45) is 6.44. The van der Waals surface area contributed by atoms with Gasteiger partial charge in [0.2, 0.25) is 15.9 Å². The Morgan fingerprint density at radius 1 is 1.31 bits per heavy atom. The third-order valence-corrected chi connectivity index (χ3v) is 7.84. The monoisotopic (exact) mass is 424 g/mol. The zero-order valence-corrected chi connectivity index (χ0v) is 17.4. The maximum Gasteiger partial charge on any atom is 0.241 e. The second kappa shape index (κ2) is 11.3. The van der Waals surface area contributed by atoms with Crippen molar-refractivity contribution in [3.8, 4) is 6.07 Å². The number of thioether (sulfide) groups is 1. The van der Waals surface area contributed by atoms with Crippen molar-refractivity contribution in [2.24, 2.45) is 5.73 Å². The summed E-state index contributed by atoms with van der Waals surface area (Å²) in [5, 5.41) is 8.78. The molecule has 0 aromatic heterocycles. The summed E-state index contributed by atoms with van der Waals surface area (Å²) in [6.45, 7) is 0.389. The SMILES string of the molecule is Cl.N#C[C@@H]1CSCN1C(=O)[C@@H](N)CCCCNS(=O)(=O)C1CCCCC1. The lowest BCUT2D eigenvalue weighted by molar-refractivity contribution is -0.132. The first-order chi connectivity index (χ1) is 12.0. The molecule has 1 saturated heterocycles. The van der Waals surface area contributed by atoms with Crippen LogP contribution in [0, 0.1) is 11.3 Å². The number of unbranched alkanes of at least 4 members (excludes halogenated alkanes) is 1. The molecule has 7 nitrogen and oxygen atoms in total. The molecule has 1 amide bonds. The van der Waals surface area contributed by atoms with Gasteiger partial charge in [-0.1, -0.05) is 25.7 Å². The molecule has 0 bridgehead atoms. The Balaban J connectivity index is 0.00000338. The van der Waals surface area contributed by atoms with Crippen LogP contribution in [0.15, 0.2) is 0 Å². The summed E-state index contributed by atoms with van der Waals surface area (Å²) in [7, 11) is -3.22. The van der Waals surface area contributed by atoms with Gasteiger partial charge in [-0.15, -0.1) is 24.2 Å². The minimum absolute atomic E-state index is 0. The highest BCUT2D eigenvalue weighted by Crippen LogP contribution is 2.23. The molecule has 0 radical (unpaired) electrons. The molecule has 1 aliphatic heterocycles. The lowest BCUT2D eigenvalue weighted by atomic mass is 10.0. The van der Waals surface area contributed by atoms with Crippen molar-refractivity contribution in [3.05, 3.63) is 0 Å². The zero-order valence-electron chi connectivity index (χ0n) is 14.9. The van der Waals surface area contributed by atoms with Crippen molar-refractivity contribution in [2.75, 3.05) is 18.2 Å². The fourth-order valence-electron chi connectivity index (χ4n) is 3.30. The summed E-state index contributed by atoms with van der Waals surface area (Å²) >= 11 is 1.56. The maximum atomic E-state index is 12.3. The highest BCUT2D eigenvalue weighted by molar-refractivity contribution is 7.99. The normalized spacial score (nSPS) is 22.5. The van der Waals surface area contributed by atoms with E-state index in [2.05, 4.69) is 10.8 Å². The molecule has 2 rings (SSSR count). The molecule has 2 fully saturated rings. The first kappa shape index (κ1) is 23.5. The molecule has 10 heteroatoms. The van der Waals surface area contributed by atoms with Crippen molar-refractivity contribution in [1.29, 1.82) is 5.26 Å². The minimum atomic E-state index is -3.22. The van der Waals surface area contributed by atoms with E-state index in [4.69, 9.17) is 11.0 Å². The number of nitrogens with zero attached hydrogens (tertiary/aromatic N) is 2. The third kappa shape index (κ3) is 6.57. The number of amides is 1. The lowest BCUT2D eigenvalue weighted by Gasteiger charge is -2.23. The number of rotatable bonds is 8. The van der Waals surface area contributed by atoms with E-state index in [0.29, 0.717) is 37.4 Å². The van der Waals surface area contributed by atoms with Crippen molar-refractivity contribution >= 4 is 40.1 Å². The van der Waals surface area contributed by atoms with Gasteiger partial charge in [-0.2, -0.15) is 5.26 Å². The van der Waals surface area contributed by atoms with Crippen LogP contribution in [-0.2, 0) is 14.8 Å². The number of carbonyl (C=O) groups is 1. The Labute approximate surface area is 166 Å². The molecule has 0 unspecified atom stereocenters. The van der Waals surface area contributed by atoms with Crippen molar-refractivity contribution in [2.45, 2.75) is 68.7 Å². The van der Waals surface area contributed by atoms with E-state index in [9.17, 15) is 13.2 Å². The molecule has 0 spiro atoms. The third-order valence-electron chi connectivity index (χ3n) is 4.87. The molecule has 3 N–H and O–H groups in total. The zero-order chi connectivity index (χ0) is 18.3. The Morgan fingerprint density at radius 2 is 2.00 bits per heavy atom. The Hall–Kier alpha value is -0.530. The van der Waals surface area contributed by atoms with Crippen LogP contribution < -0.4 is 10.5 Å². The molecule has 150 valence electrons. The maximum absolute atomic E-state index is 12.3. The van der Waals surface area contributed by atoms with Gasteiger partial charge in [0.1, 0.15) is 6.04 Å². The molecule has 2 atom stereocenters. The van der Waals surface area contributed by atoms with Crippen LogP contribution >= 0.6 is 24.2 Å². The second-order valence-corrected chi connectivity index (χ2v) is 9.80. The van der Waals surface area contributed by atoms with E-state index in [1.54, 1.807) is 16.7 Å². The van der Waals surface area contributed by atoms with Crippen molar-refractivity contribution < 1.29 is 13.2 Å². The summed E-state index contributed by atoms with van der Waals surface area (Å²) in [5.74, 6) is 0.975. The molecule has 26 heavy (non-hydrogen) atoms. The van der Waals surface area contributed by atoms with Gasteiger partial charge in [0.25, 0.3) is 0 Å². The smallest absolute Gasteiger partial charge is 0.241 e. The Kier molecular flexibility index (Phi) is 10.3. The van der Waals surface area contributed by atoms with Crippen LogP contribution in [0.25, 0.3) is 0 Å². The molecule has 0 aromatic carbocycles. The van der Waals surface area contributed by atoms with Crippen LogP contribution in [0.2, 0.25) is 0 Å². The van der Waals surface area contributed by atoms with Crippen LogP contribution in [0.4, 0.5) is 0 Å². The van der Waals surface area contributed by atoms with E-state index in [1.165, 1.54) is 0 Å². The highest BCUT2D eigenvalue weighted by Gasteiger charge is 2.32. The van der Waals surface area contributed by atoms with Crippen LogP contribution in [-0.4, -0.2) is 54.7 Å². The van der Waals surface area contributed by atoms with Gasteiger partial charge in [-0.3, -0.25) is 4.79 Å². The average Bonchev–Trinajstić information content (AvgIpc) is 3.10. The van der Waals surface area contributed by atoms with Gasteiger partial charge in [-0.05, 0) is 25.7 Å². The standard InChI is InChI=1S/C16H28N4O3S2.ClH/c17-10-13-11-24-12-20(13)16(21)15(18)8-4-5-9-19-25(22,23)14-6-2-1-3-7-14;/h13-15,19H,1-9,11-12,18H2;1H/t13-,15+;/m1./s1. The van der Waals surface area contributed by atoms with Crippen molar-refractivity contribution in [1.82, 2.24) is 9.62 Å². The lowest BCUT2D eigenvalue weighted by Crippen LogP contribution is -2.46. The van der Waals surface area contributed by atoms with Crippen LogP contribution in [0.5, 0.6) is 0 Å². The molecule has 1 saturated carbocycles. The molecular formula is C16H29ClN4O3S2. The number of hydrogen-bond donors (Lipinski definition) is 2. The number of halogens is 1. The predicted molar refractivity (Wildman–Crippen MR) is 106 cm³/mol. The summed E-state index contributed by atoms with van der Waals surface area (Å²) in [4.78, 5) is 13.8. The van der Waals surface area contributed by atoms with Gasteiger partial charge in [0.15, 0.2) is 0 Å². The van der Waals surface area contributed by atoms with E-state index in [-0.39, 0.29) is 29.6 Å². The Bertz CT molecular complexity index is 591. The first-order valence-electron chi connectivity index (χ1n) is 8.97. The van der Waals surface area contributed by atoms with Gasteiger partial charge >= 0.3 is 0 Å². The number of hydrogen-bond acceptors (Lipinski definition) is 6. The van der Waals surface area contributed by atoms with Crippen LogP contribution in [0.1, 0.15) is 51.4 Å². The Morgan fingerprint density at radius 3 is 2.65 bits per heavy atom. The van der Waals surface area contributed by atoms with Gasteiger partial charge in [0.05, 0.1) is 23.2 Å². The number of sulfonamides is 1. The van der Waals surface area contributed by atoms with Gasteiger partial charge < -0.3 is 10.6 Å². The number of nitrogens with two attached hydrogens (primary N) is 1. The van der Waals surface area contributed by atoms with Crippen LogP contribution in [0.3, 0.4) is 0 Å². The summed E-state index contributed by atoms with van der Waals surface area (Å²) < 4.78 is 27.1. The molecule has 1 heterocycles.